The first-order valence-corrected chi connectivity index (χ1v) is 9.59. The number of nitrogens with one attached hydrogen (secondary N) is 1. The second-order valence-electron chi connectivity index (χ2n) is 7.30. The van der Waals surface area contributed by atoms with Crippen molar-refractivity contribution in [1.82, 2.24) is 10.2 Å². The van der Waals surface area contributed by atoms with E-state index in [2.05, 4.69) is 59.3 Å². The maximum Gasteiger partial charge on any atom is 0.193 e. The Morgan fingerprint density at radius 1 is 1.12 bits per heavy atom. The number of aliphatic imine (C=N–C) groups is 1. The molecule has 0 aliphatic carbocycles. The molecule has 2 saturated heterocycles. The number of piperidine rings is 1. The van der Waals surface area contributed by atoms with Gasteiger partial charge in [-0.1, -0.05) is 25.1 Å². The molecule has 4 heteroatoms. The van der Waals surface area contributed by atoms with Gasteiger partial charge < -0.3 is 15.1 Å². The van der Waals surface area contributed by atoms with E-state index in [9.17, 15) is 0 Å². The number of benzene rings is 1. The van der Waals surface area contributed by atoms with Crippen LogP contribution in [-0.2, 0) is 0 Å². The first-order valence-electron chi connectivity index (χ1n) is 9.59. The Morgan fingerprint density at radius 3 is 2.58 bits per heavy atom. The fraction of sp³-hybridized carbons (Fsp3) is 0.650. The van der Waals surface area contributed by atoms with Gasteiger partial charge in [-0.05, 0) is 50.2 Å². The zero-order valence-electron chi connectivity index (χ0n) is 15.2. The average Bonchev–Trinajstić information content (AvgIpc) is 3.09. The molecule has 0 bridgehead atoms. The number of anilines is 1. The molecule has 1 aromatic carbocycles. The Kier molecular flexibility index (Phi) is 6.00. The van der Waals surface area contributed by atoms with E-state index in [1.54, 1.807) is 0 Å². The van der Waals surface area contributed by atoms with Crippen LogP contribution in [0, 0.1) is 11.8 Å². The number of likely N-dealkylation sites (tertiary alicyclic amines) is 1. The van der Waals surface area contributed by atoms with Crippen LogP contribution in [0.25, 0.3) is 0 Å². The van der Waals surface area contributed by atoms with Gasteiger partial charge in [0.2, 0.25) is 0 Å². The van der Waals surface area contributed by atoms with Crippen LogP contribution in [0.15, 0.2) is 35.3 Å². The van der Waals surface area contributed by atoms with E-state index in [0.29, 0.717) is 5.92 Å². The Morgan fingerprint density at radius 2 is 1.88 bits per heavy atom. The summed E-state index contributed by atoms with van der Waals surface area (Å²) in [6, 6.07) is 10.8. The molecule has 3 rings (SSSR count). The van der Waals surface area contributed by atoms with Crippen molar-refractivity contribution < 1.29 is 0 Å². The van der Waals surface area contributed by atoms with Crippen molar-refractivity contribution in [3.8, 4) is 0 Å². The maximum absolute atomic E-state index is 4.98. The predicted octanol–water partition coefficient (Wildman–Crippen LogP) is 3.21. The van der Waals surface area contributed by atoms with Crippen LogP contribution in [0.3, 0.4) is 0 Å². The summed E-state index contributed by atoms with van der Waals surface area (Å²) in [5, 5.41) is 3.50. The van der Waals surface area contributed by atoms with Crippen LogP contribution in [0.2, 0.25) is 0 Å². The van der Waals surface area contributed by atoms with Crippen LogP contribution < -0.4 is 10.2 Å². The largest absolute Gasteiger partial charge is 0.371 e. The number of guanidine groups is 1. The van der Waals surface area contributed by atoms with E-state index in [0.717, 1.165) is 51.1 Å². The summed E-state index contributed by atoms with van der Waals surface area (Å²) in [5.74, 6) is 2.66. The fourth-order valence-electron chi connectivity index (χ4n) is 3.72. The van der Waals surface area contributed by atoms with Gasteiger partial charge in [-0.15, -0.1) is 0 Å². The number of rotatable bonds is 4. The van der Waals surface area contributed by atoms with Crippen LogP contribution in [0.1, 0.15) is 33.1 Å². The van der Waals surface area contributed by atoms with Gasteiger partial charge in [-0.3, -0.25) is 4.99 Å². The summed E-state index contributed by atoms with van der Waals surface area (Å²) < 4.78 is 0. The van der Waals surface area contributed by atoms with Crippen LogP contribution in [0.4, 0.5) is 5.69 Å². The van der Waals surface area contributed by atoms with Gasteiger partial charge in [0.25, 0.3) is 0 Å². The fourth-order valence-corrected chi connectivity index (χ4v) is 3.72. The Bertz CT molecular complexity index is 520. The minimum absolute atomic E-state index is 0.669. The third-order valence-electron chi connectivity index (χ3n) is 5.32. The van der Waals surface area contributed by atoms with E-state index < -0.39 is 0 Å². The molecule has 2 aliphatic rings. The molecular formula is C20H32N4. The molecule has 2 aliphatic heterocycles. The standard InChI is InChI=1S/C20H32N4/c1-3-21-20(23-12-9-17(2)10-13-23)22-15-18-11-14-24(16-18)19-7-5-4-6-8-19/h4-8,17-18H,3,9-16H2,1-2H3,(H,21,22). The van der Waals surface area contributed by atoms with Gasteiger partial charge in [0.05, 0.1) is 0 Å². The van der Waals surface area contributed by atoms with Gasteiger partial charge in [0.15, 0.2) is 5.96 Å². The van der Waals surface area contributed by atoms with E-state index in [1.807, 2.05) is 0 Å². The Hall–Kier alpha value is -1.71. The van der Waals surface area contributed by atoms with Crippen LogP contribution in [-0.4, -0.2) is 50.1 Å². The number of hydrogen-bond donors (Lipinski definition) is 1. The summed E-state index contributed by atoms with van der Waals surface area (Å²) in [7, 11) is 0. The van der Waals surface area contributed by atoms with Gasteiger partial charge in [0.1, 0.15) is 0 Å². The molecule has 132 valence electrons. The van der Waals surface area contributed by atoms with Gasteiger partial charge in [-0.25, -0.2) is 0 Å². The van der Waals surface area contributed by atoms with Crippen molar-refractivity contribution in [2.24, 2.45) is 16.8 Å². The lowest BCUT2D eigenvalue weighted by Gasteiger charge is -2.33. The average molecular weight is 329 g/mol. The summed E-state index contributed by atoms with van der Waals surface area (Å²) in [5.41, 5.74) is 1.35. The predicted molar refractivity (Wildman–Crippen MR) is 103 cm³/mol. The molecule has 0 aromatic heterocycles. The van der Waals surface area contributed by atoms with Gasteiger partial charge in [0, 0.05) is 45.0 Å². The highest BCUT2D eigenvalue weighted by molar-refractivity contribution is 5.80. The molecule has 1 N–H and O–H groups in total. The van der Waals surface area contributed by atoms with Crippen molar-refractivity contribution in [3.63, 3.8) is 0 Å². The first-order chi connectivity index (χ1) is 11.8. The first kappa shape index (κ1) is 17.1. The minimum atomic E-state index is 0.669. The highest BCUT2D eigenvalue weighted by atomic mass is 15.3. The number of hydrogen-bond acceptors (Lipinski definition) is 2. The lowest BCUT2D eigenvalue weighted by atomic mass is 9.99. The maximum atomic E-state index is 4.98. The second kappa shape index (κ2) is 8.41. The monoisotopic (exact) mass is 328 g/mol. The van der Waals surface area contributed by atoms with Crippen molar-refractivity contribution in [1.29, 1.82) is 0 Å². The molecule has 24 heavy (non-hydrogen) atoms. The molecule has 0 radical (unpaired) electrons. The smallest absolute Gasteiger partial charge is 0.193 e. The summed E-state index contributed by atoms with van der Waals surface area (Å²) >= 11 is 0. The van der Waals surface area contributed by atoms with Crippen LogP contribution in [0.5, 0.6) is 0 Å². The quantitative estimate of drug-likeness (QED) is 0.680. The van der Waals surface area contributed by atoms with Gasteiger partial charge >= 0.3 is 0 Å². The molecule has 2 fully saturated rings. The number of nitrogens with zero attached hydrogens (tertiary/aromatic N) is 3. The normalized spacial score (nSPS) is 22.9. The molecule has 0 amide bonds. The highest BCUT2D eigenvalue weighted by Crippen LogP contribution is 2.24. The molecule has 0 spiro atoms. The third-order valence-corrected chi connectivity index (χ3v) is 5.32. The Balaban J connectivity index is 1.55. The van der Waals surface area contributed by atoms with E-state index in [4.69, 9.17) is 4.99 Å². The van der Waals surface area contributed by atoms with E-state index in [1.165, 1.54) is 24.9 Å². The minimum Gasteiger partial charge on any atom is -0.371 e. The van der Waals surface area contributed by atoms with Crippen molar-refractivity contribution in [2.75, 3.05) is 44.2 Å². The van der Waals surface area contributed by atoms with Crippen molar-refractivity contribution in [2.45, 2.75) is 33.1 Å². The van der Waals surface area contributed by atoms with Crippen LogP contribution >= 0.6 is 0 Å². The molecule has 4 nitrogen and oxygen atoms in total. The second-order valence-corrected chi connectivity index (χ2v) is 7.30. The zero-order valence-corrected chi connectivity index (χ0v) is 15.2. The lowest BCUT2D eigenvalue weighted by molar-refractivity contribution is 0.273. The zero-order chi connectivity index (χ0) is 16.8. The molecule has 2 heterocycles. The molecule has 0 saturated carbocycles. The van der Waals surface area contributed by atoms with Gasteiger partial charge in [-0.2, -0.15) is 0 Å². The molecule has 1 aromatic rings. The highest BCUT2D eigenvalue weighted by Gasteiger charge is 2.23. The van der Waals surface area contributed by atoms with Crippen molar-refractivity contribution >= 4 is 11.6 Å². The summed E-state index contributed by atoms with van der Waals surface area (Å²) in [6.07, 6.45) is 3.82. The summed E-state index contributed by atoms with van der Waals surface area (Å²) in [6.45, 7) is 11.0. The molecule has 1 atom stereocenters. The Labute approximate surface area is 146 Å². The molecule has 1 unspecified atom stereocenters. The third kappa shape index (κ3) is 4.43. The topological polar surface area (TPSA) is 30.9 Å². The SMILES string of the molecule is CCNC(=NCC1CCN(c2ccccc2)C1)N1CCC(C)CC1. The van der Waals surface area contributed by atoms with E-state index >= 15 is 0 Å². The van der Waals surface area contributed by atoms with E-state index in [-0.39, 0.29) is 0 Å². The number of para-hydroxylation sites is 1. The van der Waals surface area contributed by atoms with Crippen molar-refractivity contribution in [3.05, 3.63) is 30.3 Å². The summed E-state index contributed by atoms with van der Waals surface area (Å²) in [4.78, 5) is 9.92. The lowest BCUT2D eigenvalue weighted by Crippen LogP contribution is -2.45. The molecular weight excluding hydrogens is 296 g/mol.